The Morgan fingerprint density at radius 2 is 2.25 bits per heavy atom. The molecular formula is C11H14ClNO3. The van der Waals surface area contributed by atoms with Gasteiger partial charge in [-0.3, -0.25) is 4.79 Å². The maximum absolute atomic E-state index is 10.2. The van der Waals surface area contributed by atoms with Crippen LogP contribution in [0.5, 0.6) is 0 Å². The molecule has 4 nitrogen and oxygen atoms in total. The van der Waals surface area contributed by atoms with Crippen LogP contribution in [0.4, 0.5) is 0 Å². The van der Waals surface area contributed by atoms with Crippen molar-refractivity contribution in [1.82, 2.24) is 4.98 Å². The Labute approximate surface area is 99.2 Å². The van der Waals surface area contributed by atoms with Gasteiger partial charge in [-0.05, 0) is 24.5 Å². The Morgan fingerprint density at radius 3 is 2.88 bits per heavy atom. The van der Waals surface area contributed by atoms with Crippen molar-refractivity contribution in [3.8, 4) is 0 Å². The second-order valence-corrected chi connectivity index (χ2v) is 3.74. The molecule has 0 saturated heterocycles. The molecular weight excluding hydrogens is 230 g/mol. The molecule has 0 aromatic carbocycles. The van der Waals surface area contributed by atoms with Crippen molar-refractivity contribution in [2.45, 2.75) is 19.3 Å². The van der Waals surface area contributed by atoms with E-state index < -0.39 is 5.97 Å². The number of halogens is 1. The smallest absolute Gasteiger partial charge is 0.303 e. The molecule has 0 radical (unpaired) electrons. The summed E-state index contributed by atoms with van der Waals surface area (Å²) in [4.78, 5) is 14.2. The van der Waals surface area contributed by atoms with Crippen molar-refractivity contribution in [3.63, 3.8) is 0 Å². The van der Waals surface area contributed by atoms with Gasteiger partial charge in [0.1, 0.15) is 5.15 Å². The molecule has 1 N–H and O–H groups in total. The molecule has 1 heterocycles. The number of hydrogen-bond acceptors (Lipinski definition) is 3. The molecule has 0 unspecified atom stereocenters. The Kier molecular flexibility index (Phi) is 5.82. The lowest BCUT2D eigenvalue weighted by Crippen LogP contribution is -2.03. The Balaban J connectivity index is 2.07. The average Bonchev–Trinajstić information content (AvgIpc) is 2.25. The van der Waals surface area contributed by atoms with Gasteiger partial charge in [-0.25, -0.2) is 4.98 Å². The van der Waals surface area contributed by atoms with Crippen LogP contribution in [-0.4, -0.2) is 29.3 Å². The number of carboxylic acid groups (broad SMARTS) is 1. The van der Waals surface area contributed by atoms with Gasteiger partial charge in [0, 0.05) is 19.2 Å². The third-order valence-electron chi connectivity index (χ3n) is 2.00. The van der Waals surface area contributed by atoms with Gasteiger partial charge in [0.2, 0.25) is 0 Å². The van der Waals surface area contributed by atoms with Gasteiger partial charge in [-0.2, -0.15) is 0 Å². The molecule has 5 heteroatoms. The number of nitrogens with zero attached hydrogens (tertiary/aromatic N) is 1. The molecule has 0 fully saturated rings. The number of aliphatic carboxylic acids is 1. The Bertz CT molecular complexity index is 327. The molecule has 1 aromatic heterocycles. The van der Waals surface area contributed by atoms with Crippen LogP contribution in [-0.2, 0) is 16.0 Å². The Morgan fingerprint density at radius 1 is 1.44 bits per heavy atom. The summed E-state index contributed by atoms with van der Waals surface area (Å²) in [5.74, 6) is -0.787. The number of ether oxygens (including phenoxy) is 1. The summed E-state index contributed by atoms with van der Waals surface area (Å²) < 4.78 is 5.29. The maximum atomic E-state index is 10.2. The molecule has 88 valence electrons. The van der Waals surface area contributed by atoms with Crippen LogP contribution < -0.4 is 0 Å². The van der Waals surface area contributed by atoms with Gasteiger partial charge in [0.25, 0.3) is 0 Å². The molecule has 0 amide bonds. The molecule has 0 spiro atoms. The van der Waals surface area contributed by atoms with Crippen LogP contribution in [0, 0.1) is 0 Å². The van der Waals surface area contributed by atoms with Crippen LogP contribution in [0.25, 0.3) is 0 Å². The minimum absolute atomic E-state index is 0.155. The number of aromatic nitrogens is 1. The summed E-state index contributed by atoms with van der Waals surface area (Å²) in [6, 6.07) is 3.64. The highest BCUT2D eigenvalue weighted by Crippen LogP contribution is 2.05. The van der Waals surface area contributed by atoms with Crippen molar-refractivity contribution in [2.24, 2.45) is 0 Å². The minimum atomic E-state index is -0.787. The molecule has 16 heavy (non-hydrogen) atoms. The van der Waals surface area contributed by atoms with E-state index in [0.717, 1.165) is 12.0 Å². The fourth-order valence-corrected chi connectivity index (χ4v) is 1.28. The molecule has 0 atom stereocenters. The molecule has 0 aliphatic carbocycles. The molecule has 0 aliphatic rings. The van der Waals surface area contributed by atoms with Gasteiger partial charge in [-0.15, -0.1) is 0 Å². The van der Waals surface area contributed by atoms with E-state index >= 15 is 0 Å². The van der Waals surface area contributed by atoms with Crippen LogP contribution in [0.1, 0.15) is 18.4 Å². The average molecular weight is 244 g/mol. The minimum Gasteiger partial charge on any atom is -0.481 e. The van der Waals surface area contributed by atoms with E-state index in [1.807, 2.05) is 6.07 Å². The summed E-state index contributed by atoms with van der Waals surface area (Å²) in [7, 11) is 0. The highest BCUT2D eigenvalue weighted by molar-refractivity contribution is 6.29. The van der Waals surface area contributed by atoms with E-state index in [0.29, 0.717) is 24.8 Å². The van der Waals surface area contributed by atoms with E-state index in [1.165, 1.54) is 0 Å². The standard InChI is InChI=1S/C11H14ClNO3/c12-10-4-3-9(8-13-10)5-7-16-6-1-2-11(14)15/h3-4,8H,1-2,5-7H2,(H,14,15). The van der Waals surface area contributed by atoms with Crippen LogP contribution >= 0.6 is 11.6 Å². The SMILES string of the molecule is O=C(O)CCCOCCc1ccc(Cl)nc1. The molecule has 0 saturated carbocycles. The molecule has 1 rings (SSSR count). The van der Waals surface area contributed by atoms with Gasteiger partial charge in [-0.1, -0.05) is 17.7 Å². The maximum Gasteiger partial charge on any atom is 0.303 e. The lowest BCUT2D eigenvalue weighted by molar-refractivity contribution is -0.137. The number of rotatable bonds is 7. The molecule has 0 bridgehead atoms. The zero-order valence-corrected chi connectivity index (χ0v) is 9.61. The summed E-state index contributed by atoms with van der Waals surface area (Å²) in [5.41, 5.74) is 1.06. The van der Waals surface area contributed by atoms with Crippen molar-refractivity contribution in [2.75, 3.05) is 13.2 Å². The summed E-state index contributed by atoms with van der Waals surface area (Å²) in [5, 5.41) is 8.88. The predicted octanol–water partition coefficient (Wildman–Crippen LogP) is 2.16. The first-order valence-corrected chi connectivity index (χ1v) is 5.46. The highest BCUT2D eigenvalue weighted by Gasteiger charge is 1.97. The molecule has 0 aliphatic heterocycles. The number of carbonyl (C=O) groups is 1. The zero-order valence-electron chi connectivity index (χ0n) is 8.86. The first kappa shape index (κ1) is 12.9. The van der Waals surface area contributed by atoms with Crippen LogP contribution in [0.2, 0.25) is 5.15 Å². The monoisotopic (exact) mass is 243 g/mol. The van der Waals surface area contributed by atoms with Crippen molar-refractivity contribution in [3.05, 3.63) is 29.0 Å². The third-order valence-corrected chi connectivity index (χ3v) is 2.23. The van der Waals surface area contributed by atoms with Crippen molar-refractivity contribution >= 4 is 17.6 Å². The summed E-state index contributed by atoms with van der Waals surface area (Å²) in [6.45, 7) is 1.05. The lowest BCUT2D eigenvalue weighted by atomic mass is 10.2. The predicted molar refractivity (Wildman–Crippen MR) is 60.6 cm³/mol. The number of carboxylic acids is 1. The van der Waals surface area contributed by atoms with E-state index in [9.17, 15) is 4.79 Å². The van der Waals surface area contributed by atoms with Gasteiger partial charge < -0.3 is 9.84 Å². The second kappa shape index (κ2) is 7.19. The van der Waals surface area contributed by atoms with Gasteiger partial charge >= 0.3 is 5.97 Å². The zero-order chi connectivity index (χ0) is 11.8. The van der Waals surface area contributed by atoms with Gasteiger partial charge in [0.05, 0.1) is 6.61 Å². The van der Waals surface area contributed by atoms with E-state index in [4.69, 9.17) is 21.4 Å². The lowest BCUT2D eigenvalue weighted by Gasteiger charge is -2.03. The van der Waals surface area contributed by atoms with E-state index in [-0.39, 0.29) is 6.42 Å². The fraction of sp³-hybridized carbons (Fsp3) is 0.455. The first-order chi connectivity index (χ1) is 7.68. The first-order valence-electron chi connectivity index (χ1n) is 5.08. The summed E-state index contributed by atoms with van der Waals surface area (Å²) >= 11 is 5.65. The van der Waals surface area contributed by atoms with Crippen molar-refractivity contribution < 1.29 is 14.6 Å². The van der Waals surface area contributed by atoms with Crippen LogP contribution in [0.15, 0.2) is 18.3 Å². The topological polar surface area (TPSA) is 59.4 Å². The number of pyridine rings is 1. The van der Waals surface area contributed by atoms with Crippen molar-refractivity contribution in [1.29, 1.82) is 0 Å². The van der Waals surface area contributed by atoms with E-state index in [1.54, 1.807) is 12.3 Å². The molecule has 1 aromatic rings. The fourth-order valence-electron chi connectivity index (χ4n) is 1.17. The second-order valence-electron chi connectivity index (χ2n) is 3.35. The normalized spacial score (nSPS) is 10.3. The van der Waals surface area contributed by atoms with Crippen LogP contribution in [0.3, 0.4) is 0 Å². The van der Waals surface area contributed by atoms with E-state index in [2.05, 4.69) is 4.98 Å². The number of hydrogen-bond donors (Lipinski definition) is 1. The highest BCUT2D eigenvalue weighted by atomic mass is 35.5. The third kappa shape index (κ3) is 5.68. The Hall–Kier alpha value is -1.13. The largest absolute Gasteiger partial charge is 0.481 e. The van der Waals surface area contributed by atoms with Gasteiger partial charge in [0.15, 0.2) is 0 Å². The summed E-state index contributed by atoms with van der Waals surface area (Å²) in [6.07, 6.45) is 3.18. The quantitative estimate of drug-likeness (QED) is 0.589.